The monoisotopic (exact) mass is 241 g/mol. The van der Waals surface area contributed by atoms with Crippen LogP contribution in [0, 0.1) is 5.82 Å². The molecule has 0 aromatic heterocycles. The average Bonchev–Trinajstić information content (AvgIpc) is 2.13. The third-order valence-corrected chi connectivity index (χ3v) is 1.75. The first-order valence-electron chi connectivity index (χ1n) is 5.15. The maximum atomic E-state index is 13.1. The highest BCUT2D eigenvalue weighted by Gasteiger charge is 2.16. The lowest BCUT2D eigenvalue weighted by atomic mass is 10.2. The molecule has 94 valence electrons. The van der Waals surface area contributed by atoms with E-state index in [4.69, 9.17) is 9.47 Å². The van der Waals surface area contributed by atoms with Crippen LogP contribution in [0.2, 0.25) is 0 Å². The van der Waals surface area contributed by atoms with Gasteiger partial charge in [-0.2, -0.15) is 0 Å². The van der Waals surface area contributed by atoms with Crippen molar-refractivity contribution in [3.8, 4) is 5.75 Å². The number of carbonyl (C=O) groups is 1. The molecule has 0 heterocycles. The molecule has 0 spiro atoms. The van der Waals surface area contributed by atoms with E-state index >= 15 is 0 Å². The minimum absolute atomic E-state index is 0.288. The Labute approximate surface area is 99.7 Å². The van der Waals surface area contributed by atoms with Crippen molar-refractivity contribution in [3.05, 3.63) is 24.0 Å². The minimum Gasteiger partial charge on any atom is -0.497 e. The predicted molar refractivity (Wildman–Crippen MR) is 62.8 cm³/mol. The van der Waals surface area contributed by atoms with Crippen molar-refractivity contribution in [2.45, 2.75) is 26.4 Å². The number of amides is 1. The Kier molecular flexibility index (Phi) is 3.93. The Morgan fingerprint density at radius 3 is 2.47 bits per heavy atom. The Morgan fingerprint density at radius 1 is 1.29 bits per heavy atom. The van der Waals surface area contributed by atoms with Gasteiger partial charge < -0.3 is 9.47 Å². The van der Waals surface area contributed by atoms with Gasteiger partial charge in [0.05, 0.1) is 12.8 Å². The number of carbonyl (C=O) groups excluding carboxylic acids is 1. The maximum absolute atomic E-state index is 13.1. The molecule has 0 saturated carbocycles. The standard InChI is InChI=1S/C12H16FNO3/c1-12(2,3)17-11(15)14-9-5-8(13)6-10(7-9)16-4/h5-7H,1-4H3,(H,14,15). The molecule has 1 rings (SSSR count). The number of rotatable bonds is 2. The van der Waals surface area contributed by atoms with Gasteiger partial charge in [-0.25, -0.2) is 9.18 Å². The highest BCUT2D eigenvalue weighted by Crippen LogP contribution is 2.20. The largest absolute Gasteiger partial charge is 0.497 e. The van der Waals surface area contributed by atoms with Crippen LogP contribution in [0.1, 0.15) is 20.8 Å². The first-order chi connectivity index (χ1) is 7.80. The van der Waals surface area contributed by atoms with E-state index in [0.29, 0.717) is 5.75 Å². The molecule has 0 fully saturated rings. The van der Waals surface area contributed by atoms with Crippen LogP contribution in [0.25, 0.3) is 0 Å². The second-order valence-corrected chi connectivity index (χ2v) is 4.51. The van der Waals surface area contributed by atoms with E-state index in [1.165, 1.54) is 25.3 Å². The Morgan fingerprint density at radius 2 is 1.94 bits per heavy atom. The van der Waals surface area contributed by atoms with Crippen molar-refractivity contribution >= 4 is 11.8 Å². The zero-order valence-electron chi connectivity index (χ0n) is 10.3. The Hall–Kier alpha value is -1.78. The lowest BCUT2D eigenvalue weighted by Crippen LogP contribution is -2.27. The molecule has 0 aliphatic rings. The molecule has 4 nitrogen and oxygen atoms in total. The van der Waals surface area contributed by atoms with Crippen LogP contribution in [0.4, 0.5) is 14.9 Å². The Bertz CT molecular complexity index is 413. The zero-order chi connectivity index (χ0) is 13.1. The number of nitrogens with one attached hydrogen (secondary N) is 1. The number of halogens is 1. The average molecular weight is 241 g/mol. The number of ether oxygens (including phenoxy) is 2. The van der Waals surface area contributed by atoms with Gasteiger partial charge in [-0.1, -0.05) is 0 Å². The molecular formula is C12H16FNO3. The van der Waals surface area contributed by atoms with E-state index in [1.54, 1.807) is 20.8 Å². The van der Waals surface area contributed by atoms with Crippen molar-refractivity contribution in [1.29, 1.82) is 0 Å². The summed E-state index contributed by atoms with van der Waals surface area (Å²) < 4.78 is 23.1. The molecule has 5 heteroatoms. The number of methoxy groups -OCH3 is 1. The molecule has 0 atom stereocenters. The summed E-state index contributed by atoms with van der Waals surface area (Å²) in [4.78, 5) is 11.4. The van der Waals surface area contributed by atoms with Gasteiger partial charge in [-0.3, -0.25) is 5.32 Å². The number of benzene rings is 1. The van der Waals surface area contributed by atoms with Crippen molar-refractivity contribution in [1.82, 2.24) is 0 Å². The van der Waals surface area contributed by atoms with Crippen LogP contribution in [0.15, 0.2) is 18.2 Å². The third-order valence-electron chi connectivity index (χ3n) is 1.75. The molecule has 17 heavy (non-hydrogen) atoms. The Balaban J connectivity index is 2.74. The van der Waals surface area contributed by atoms with Gasteiger partial charge in [-0.05, 0) is 26.8 Å². The van der Waals surface area contributed by atoms with Crippen LogP contribution >= 0.6 is 0 Å². The van der Waals surface area contributed by atoms with E-state index in [-0.39, 0.29) is 5.69 Å². The van der Waals surface area contributed by atoms with Crippen LogP contribution in [-0.4, -0.2) is 18.8 Å². The van der Waals surface area contributed by atoms with E-state index in [9.17, 15) is 9.18 Å². The fourth-order valence-corrected chi connectivity index (χ4v) is 1.17. The summed E-state index contributed by atoms with van der Waals surface area (Å²) >= 11 is 0. The molecule has 1 aromatic carbocycles. The second-order valence-electron chi connectivity index (χ2n) is 4.51. The van der Waals surface area contributed by atoms with Crippen LogP contribution in [0.5, 0.6) is 5.75 Å². The zero-order valence-corrected chi connectivity index (χ0v) is 10.3. The van der Waals surface area contributed by atoms with Gasteiger partial charge in [0.2, 0.25) is 0 Å². The molecule has 1 amide bonds. The molecular weight excluding hydrogens is 225 g/mol. The van der Waals surface area contributed by atoms with Crippen LogP contribution in [-0.2, 0) is 4.74 Å². The fourth-order valence-electron chi connectivity index (χ4n) is 1.17. The van der Waals surface area contributed by atoms with Crippen molar-refractivity contribution in [2.75, 3.05) is 12.4 Å². The quantitative estimate of drug-likeness (QED) is 0.865. The smallest absolute Gasteiger partial charge is 0.412 e. The molecule has 0 saturated heterocycles. The van der Waals surface area contributed by atoms with E-state index in [2.05, 4.69) is 5.32 Å². The fraction of sp³-hybridized carbons (Fsp3) is 0.417. The highest BCUT2D eigenvalue weighted by atomic mass is 19.1. The van der Waals surface area contributed by atoms with E-state index in [0.717, 1.165) is 0 Å². The summed E-state index contributed by atoms with van der Waals surface area (Å²) in [6.07, 6.45) is -0.634. The molecule has 0 bridgehead atoms. The molecule has 0 radical (unpaired) electrons. The number of hydrogen-bond donors (Lipinski definition) is 1. The molecule has 0 unspecified atom stereocenters. The van der Waals surface area contributed by atoms with Gasteiger partial charge in [0.1, 0.15) is 17.2 Å². The van der Waals surface area contributed by atoms with Crippen molar-refractivity contribution in [2.24, 2.45) is 0 Å². The van der Waals surface area contributed by atoms with Crippen molar-refractivity contribution in [3.63, 3.8) is 0 Å². The van der Waals surface area contributed by atoms with Gasteiger partial charge in [-0.15, -0.1) is 0 Å². The van der Waals surface area contributed by atoms with Crippen LogP contribution < -0.4 is 10.1 Å². The number of hydrogen-bond acceptors (Lipinski definition) is 3. The van der Waals surface area contributed by atoms with Gasteiger partial charge >= 0.3 is 6.09 Å². The summed E-state index contributed by atoms with van der Waals surface area (Å²) in [5.41, 5.74) is -0.308. The summed E-state index contributed by atoms with van der Waals surface area (Å²) in [7, 11) is 1.42. The topological polar surface area (TPSA) is 47.6 Å². The van der Waals surface area contributed by atoms with E-state index < -0.39 is 17.5 Å². The second kappa shape index (κ2) is 5.03. The van der Waals surface area contributed by atoms with Gasteiger partial charge in [0, 0.05) is 12.1 Å². The first kappa shape index (κ1) is 13.3. The maximum Gasteiger partial charge on any atom is 0.412 e. The highest BCUT2D eigenvalue weighted by molar-refractivity contribution is 5.85. The SMILES string of the molecule is COc1cc(F)cc(NC(=O)OC(C)(C)C)c1. The molecule has 0 aliphatic carbocycles. The lowest BCUT2D eigenvalue weighted by molar-refractivity contribution is 0.0636. The summed E-state index contributed by atoms with van der Waals surface area (Å²) in [6.45, 7) is 5.25. The predicted octanol–water partition coefficient (Wildman–Crippen LogP) is 3.18. The molecule has 1 N–H and O–H groups in total. The van der Waals surface area contributed by atoms with Gasteiger partial charge in [0.15, 0.2) is 0 Å². The minimum atomic E-state index is -0.634. The number of anilines is 1. The summed E-state index contributed by atoms with van der Waals surface area (Å²) in [5, 5.41) is 2.43. The lowest BCUT2D eigenvalue weighted by Gasteiger charge is -2.19. The normalized spacial score (nSPS) is 10.9. The molecule has 1 aromatic rings. The van der Waals surface area contributed by atoms with Crippen LogP contribution in [0.3, 0.4) is 0 Å². The summed E-state index contributed by atoms with van der Waals surface area (Å²) in [5.74, 6) is -0.161. The van der Waals surface area contributed by atoms with Gasteiger partial charge in [0.25, 0.3) is 0 Å². The first-order valence-corrected chi connectivity index (χ1v) is 5.15. The molecule has 0 aliphatic heterocycles. The van der Waals surface area contributed by atoms with Crippen molar-refractivity contribution < 1.29 is 18.7 Å². The summed E-state index contributed by atoms with van der Waals surface area (Å²) in [6, 6.07) is 3.92. The third kappa shape index (κ3) is 4.72. The van der Waals surface area contributed by atoms with E-state index in [1.807, 2.05) is 0 Å².